The molecule has 0 bridgehead atoms. The van der Waals surface area contributed by atoms with E-state index in [2.05, 4.69) is 20.6 Å². The number of para-hydroxylation sites is 2. The van der Waals surface area contributed by atoms with E-state index in [1.165, 1.54) is 18.0 Å². The Morgan fingerprint density at radius 3 is 2.50 bits per heavy atom. The van der Waals surface area contributed by atoms with Crippen LogP contribution in [0.1, 0.15) is 23.0 Å². The zero-order chi connectivity index (χ0) is 18.4. The van der Waals surface area contributed by atoms with Gasteiger partial charge in [-0.1, -0.05) is 29.8 Å². The second-order valence-corrected chi connectivity index (χ2v) is 5.66. The van der Waals surface area contributed by atoms with E-state index >= 15 is 0 Å². The fourth-order valence-corrected chi connectivity index (χ4v) is 2.33. The van der Waals surface area contributed by atoms with Crippen molar-refractivity contribution in [3.63, 3.8) is 0 Å². The fraction of sp³-hybridized carbons (Fsp3) is 0.150. The molecule has 6 nitrogen and oxygen atoms in total. The van der Waals surface area contributed by atoms with Crippen LogP contribution in [0.15, 0.2) is 60.9 Å². The lowest BCUT2D eigenvalue weighted by molar-refractivity contribution is 0.102. The predicted molar refractivity (Wildman–Crippen MR) is 102 cm³/mol. The largest absolute Gasteiger partial charge is 0.492 e. The number of hydrogen-bond acceptors (Lipinski definition) is 5. The highest BCUT2D eigenvalue weighted by atomic mass is 16.5. The maximum atomic E-state index is 12.4. The van der Waals surface area contributed by atoms with Crippen LogP contribution < -0.4 is 15.4 Å². The summed E-state index contributed by atoms with van der Waals surface area (Å²) in [6, 6.07) is 15.2. The second kappa shape index (κ2) is 8.11. The number of rotatable bonds is 6. The lowest BCUT2D eigenvalue weighted by atomic mass is 10.2. The first-order valence-corrected chi connectivity index (χ1v) is 8.34. The van der Waals surface area contributed by atoms with Crippen LogP contribution in [-0.2, 0) is 0 Å². The number of carbonyl (C=O) groups is 1. The standard InChI is InChI=1S/C20H20N4O2/c1-3-26-18-7-5-4-6-16(18)24-20(25)17-12-22-19(13-21-17)23-15-10-8-14(2)9-11-15/h4-13H,3H2,1-2H3,(H,22,23)(H,24,25). The van der Waals surface area contributed by atoms with Gasteiger partial charge in [0.05, 0.1) is 24.7 Å². The number of nitrogens with zero attached hydrogens (tertiary/aromatic N) is 2. The smallest absolute Gasteiger partial charge is 0.275 e. The number of ether oxygens (including phenoxy) is 1. The molecule has 0 atom stereocenters. The van der Waals surface area contributed by atoms with Gasteiger partial charge in [0.2, 0.25) is 0 Å². The van der Waals surface area contributed by atoms with Gasteiger partial charge in [-0.3, -0.25) is 4.79 Å². The van der Waals surface area contributed by atoms with Gasteiger partial charge in [-0.25, -0.2) is 9.97 Å². The second-order valence-electron chi connectivity index (χ2n) is 5.66. The van der Waals surface area contributed by atoms with Crippen molar-refractivity contribution < 1.29 is 9.53 Å². The quantitative estimate of drug-likeness (QED) is 0.699. The first kappa shape index (κ1) is 17.4. The molecule has 0 unspecified atom stereocenters. The summed E-state index contributed by atoms with van der Waals surface area (Å²) in [5.41, 5.74) is 2.92. The third kappa shape index (κ3) is 4.36. The fourth-order valence-electron chi connectivity index (χ4n) is 2.33. The van der Waals surface area contributed by atoms with E-state index in [9.17, 15) is 4.79 Å². The first-order valence-electron chi connectivity index (χ1n) is 8.34. The van der Waals surface area contributed by atoms with Crippen LogP contribution in [0.25, 0.3) is 0 Å². The Labute approximate surface area is 152 Å². The first-order chi connectivity index (χ1) is 12.7. The zero-order valence-electron chi connectivity index (χ0n) is 14.7. The highest BCUT2D eigenvalue weighted by Gasteiger charge is 2.11. The molecule has 2 N–H and O–H groups in total. The number of amides is 1. The molecule has 3 aromatic rings. The van der Waals surface area contributed by atoms with Gasteiger partial charge < -0.3 is 15.4 Å². The van der Waals surface area contributed by atoms with Crippen molar-refractivity contribution in [2.75, 3.05) is 17.2 Å². The van der Waals surface area contributed by atoms with Gasteiger partial charge in [0, 0.05) is 5.69 Å². The number of nitrogens with one attached hydrogen (secondary N) is 2. The lowest BCUT2D eigenvalue weighted by Gasteiger charge is -2.11. The summed E-state index contributed by atoms with van der Waals surface area (Å²) in [6.45, 7) is 4.44. The zero-order valence-corrected chi connectivity index (χ0v) is 14.7. The number of carbonyl (C=O) groups excluding carboxylic acids is 1. The van der Waals surface area contributed by atoms with Crippen LogP contribution in [0.5, 0.6) is 5.75 Å². The normalized spacial score (nSPS) is 10.2. The van der Waals surface area contributed by atoms with Crippen molar-refractivity contribution in [3.05, 3.63) is 72.2 Å². The van der Waals surface area contributed by atoms with Crippen molar-refractivity contribution in [1.82, 2.24) is 9.97 Å². The summed E-state index contributed by atoms with van der Waals surface area (Å²) >= 11 is 0. The molecule has 1 aromatic heterocycles. The Hall–Kier alpha value is -3.41. The monoisotopic (exact) mass is 348 g/mol. The van der Waals surface area contributed by atoms with E-state index in [0.29, 0.717) is 23.9 Å². The summed E-state index contributed by atoms with van der Waals surface area (Å²) in [5.74, 6) is 0.848. The molecule has 132 valence electrons. The van der Waals surface area contributed by atoms with E-state index < -0.39 is 0 Å². The lowest BCUT2D eigenvalue weighted by Crippen LogP contribution is -2.15. The van der Waals surface area contributed by atoms with Crippen LogP contribution in [-0.4, -0.2) is 22.5 Å². The van der Waals surface area contributed by atoms with Crippen LogP contribution in [0.3, 0.4) is 0 Å². The van der Waals surface area contributed by atoms with Gasteiger partial charge >= 0.3 is 0 Å². The van der Waals surface area contributed by atoms with Crippen LogP contribution in [0.2, 0.25) is 0 Å². The van der Waals surface area contributed by atoms with Crippen LogP contribution in [0.4, 0.5) is 17.2 Å². The Morgan fingerprint density at radius 2 is 1.81 bits per heavy atom. The number of anilines is 3. The molecule has 0 saturated heterocycles. The van der Waals surface area contributed by atoms with Crippen molar-refractivity contribution >= 4 is 23.1 Å². The van der Waals surface area contributed by atoms with E-state index in [1.807, 2.05) is 50.2 Å². The minimum absolute atomic E-state index is 0.228. The van der Waals surface area contributed by atoms with Gasteiger partial charge in [-0.2, -0.15) is 0 Å². The molecular formula is C20H20N4O2. The minimum atomic E-state index is -0.341. The number of aromatic nitrogens is 2. The van der Waals surface area contributed by atoms with Crippen molar-refractivity contribution in [1.29, 1.82) is 0 Å². The highest BCUT2D eigenvalue weighted by molar-refractivity contribution is 6.03. The Kier molecular flexibility index (Phi) is 5.43. The molecule has 3 rings (SSSR count). The number of aryl methyl sites for hydroxylation is 1. The van der Waals surface area contributed by atoms with Gasteiger partial charge in [0.1, 0.15) is 17.3 Å². The predicted octanol–water partition coefficient (Wildman–Crippen LogP) is 4.18. The van der Waals surface area contributed by atoms with Crippen molar-refractivity contribution in [3.8, 4) is 5.75 Å². The molecule has 1 amide bonds. The molecule has 0 aliphatic rings. The van der Waals surface area contributed by atoms with Crippen molar-refractivity contribution in [2.45, 2.75) is 13.8 Å². The van der Waals surface area contributed by atoms with Crippen molar-refractivity contribution in [2.24, 2.45) is 0 Å². The molecule has 0 saturated carbocycles. The van der Waals surface area contributed by atoms with E-state index in [-0.39, 0.29) is 11.6 Å². The summed E-state index contributed by atoms with van der Waals surface area (Å²) < 4.78 is 5.51. The molecule has 0 aliphatic carbocycles. The summed E-state index contributed by atoms with van der Waals surface area (Å²) in [5, 5.41) is 5.95. The minimum Gasteiger partial charge on any atom is -0.492 e. The molecule has 6 heteroatoms. The van der Waals surface area contributed by atoms with E-state index in [4.69, 9.17) is 4.74 Å². The summed E-state index contributed by atoms with van der Waals surface area (Å²) in [4.78, 5) is 20.8. The van der Waals surface area contributed by atoms with E-state index in [1.54, 1.807) is 12.1 Å². The van der Waals surface area contributed by atoms with Gasteiger partial charge in [0.25, 0.3) is 5.91 Å². The summed E-state index contributed by atoms with van der Waals surface area (Å²) in [7, 11) is 0. The van der Waals surface area contributed by atoms with Crippen LogP contribution >= 0.6 is 0 Å². The number of benzene rings is 2. The SMILES string of the molecule is CCOc1ccccc1NC(=O)c1cnc(Nc2ccc(C)cc2)cn1. The summed E-state index contributed by atoms with van der Waals surface area (Å²) in [6.07, 6.45) is 2.97. The van der Waals surface area contributed by atoms with Crippen LogP contribution in [0, 0.1) is 6.92 Å². The molecule has 26 heavy (non-hydrogen) atoms. The maximum absolute atomic E-state index is 12.4. The maximum Gasteiger partial charge on any atom is 0.275 e. The topological polar surface area (TPSA) is 76.1 Å². The Morgan fingerprint density at radius 1 is 1.04 bits per heavy atom. The van der Waals surface area contributed by atoms with Gasteiger partial charge in [-0.05, 0) is 38.1 Å². The molecule has 0 fully saturated rings. The Balaban J connectivity index is 1.68. The third-order valence-electron chi connectivity index (χ3n) is 3.64. The third-order valence-corrected chi connectivity index (χ3v) is 3.64. The Bertz CT molecular complexity index is 877. The van der Waals surface area contributed by atoms with E-state index in [0.717, 1.165) is 5.69 Å². The molecule has 0 radical (unpaired) electrons. The highest BCUT2D eigenvalue weighted by Crippen LogP contribution is 2.24. The molecule has 0 aliphatic heterocycles. The molecule has 0 spiro atoms. The van der Waals surface area contributed by atoms with Gasteiger partial charge in [-0.15, -0.1) is 0 Å². The average molecular weight is 348 g/mol. The van der Waals surface area contributed by atoms with Gasteiger partial charge in [0.15, 0.2) is 0 Å². The molecular weight excluding hydrogens is 328 g/mol. The number of hydrogen-bond donors (Lipinski definition) is 2. The molecule has 2 aromatic carbocycles. The molecule has 1 heterocycles. The average Bonchev–Trinajstić information content (AvgIpc) is 2.66.